The molecule has 11 heavy (non-hydrogen) atoms. The van der Waals surface area contributed by atoms with E-state index < -0.39 is 0 Å². The van der Waals surface area contributed by atoms with Crippen molar-refractivity contribution in [3.8, 4) is 0 Å². The first kappa shape index (κ1) is 10.5. The van der Waals surface area contributed by atoms with Crippen molar-refractivity contribution < 1.29 is 0 Å². The fourth-order valence-corrected chi connectivity index (χ4v) is 0.626. The SMILES string of the molecule is C=C(NC(C)C(C)C)C(C)C. The van der Waals surface area contributed by atoms with E-state index in [1.54, 1.807) is 0 Å². The molecule has 0 spiro atoms. The molecule has 0 heterocycles. The summed E-state index contributed by atoms with van der Waals surface area (Å²) >= 11 is 0. The third kappa shape index (κ3) is 4.07. The monoisotopic (exact) mass is 155 g/mol. The molecule has 0 aliphatic heterocycles. The molecule has 0 aromatic rings. The summed E-state index contributed by atoms with van der Waals surface area (Å²) in [6, 6.07) is 0.532. The van der Waals surface area contributed by atoms with Crippen LogP contribution in [-0.4, -0.2) is 6.04 Å². The van der Waals surface area contributed by atoms with Crippen LogP contribution in [0.25, 0.3) is 0 Å². The fraction of sp³-hybridized carbons (Fsp3) is 0.800. The quantitative estimate of drug-likeness (QED) is 0.658. The third-order valence-corrected chi connectivity index (χ3v) is 2.11. The molecule has 1 atom stereocenters. The summed E-state index contributed by atoms with van der Waals surface area (Å²) < 4.78 is 0. The lowest BCUT2D eigenvalue weighted by molar-refractivity contribution is 0.443. The Bertz CT molecular complexity index is 125. The lowest BCUT2D eigenvalue weighted by atomic mass is 10.0. The molecule has 1 nitrogen and oxygen atoms in total. The van der Waals surface area contributed by atoms with Crippen molar-refractivity contribution in [2.45, 2.75) is 40.7 Å². The minimum atomic E-state index is 0.532. The molecule has 0 radical (unpaired) electrons. The van der Waals surface area contributed by atoms with Crippen molar-refractivity contribution in [2.75, 3.05) is 0 Å². The van der Waals surface area contributed by atoms with E-state index in [1.165, 1.54) is 0 Å². The van der Waals surface area contributed by atoms with Crippen molar-refractivity contribution >= 4 is 0 Å². The Kier molecular flexibility index (Phi) is 4.24. The van der Waals surface area contributed by atoms with Crippen LogP contribution in [0.15, 0.2) is 12.3 Å². The zero-order chi connectivity index (χ0) is 9.02. The van der Waals surface area contributed by atoms with E-state index in [0.29, 0.717) is 17.9 Å². The van der Waals surface area contributed by atoms with Crippen LogP contribution in [0.1, 0.15) is 34.6 Å². The molecule has 0 aliphatic rings. The highest BCUT2D eigenvalue weighted by molar-refractivity contribution is 4.96. The van der Waals surface area contributed by atoms with Crippen LogP contribution >= 0.6 is 0 Å². The molecule has 0 amide bonds. The van der Waals surface area contributed by atoms with Crippen LogP contribution < -0.4 is 5.32 Å². The third-order valence-electron chi connectivity index (χ3n) is 2.11. The lowest BCUT2D eigenvalue weighted by Gasteiger charge is -2.22. The summed E-state index contributed by atoms with van der Waals surface area (Å²) in [6.45, 7) is 14.9. The van der Waals surface area contributed by atoms with Gasteiger partial charge in [0, 0.05) is 11.7 Å². The Morgan fingerprint density at radius 1 is 1.09 bits per heavy atom. The first-order valence-corrected chi connectivity index (χ1v) is 4.40. The maximum Gasteiger partial charge on any atom is 0.0252 e. The Labute approximate surface area is 70.9 Å². The second-order valence-corrected chi connectivity index (χ2v) is 3.86. The zero-order valence-corrected chi connectivity index (χ0v) is 8.44. The van der Waals surface area contributed by atoms with Gasteiger partial charge in [-0.2, -0.15) is 0 Å². The zero-order valence-electron chi connectivity index (χ0n) is 8.44. The summed E-state index contributed by atoms with van der Waals surface area (Å²) in [5, 5.41) is 3.38. The van der Waals surface area contributed by atoms with E-state index in [1.807, 2.05) is 0 Å². The predicted octanol–water partition coefficient (Wildman–Crippen LogP) is 2.79. The Balaban J connectivity index is 3.76. The van der Waals surface area contributed by atoms with Crippen molar-refractivity contribution in [3.63, 3.8) is 0 Å². The molecular formula is C10H21N. The molecule has 1 heteroatoms. The highest BCUT2D eigenvalue weighted by atomic mass is 14.9. The van der Waals surface area contributed by atoms with Gasteiger partial charge in [-0.05, 0) is 18.8 Å². The normalized spacial score (nSPS) is 13.7. The summed E-state index contributed by atoms with van der Waals surface area (Å²) in [5.74, 6) is 1.21. The van der Waals surface area contributed by atoms with E-state index in [4.69, 9.17) is 0 Å². The van der Waals surface area contributed by atoms with Crippen LogP contribution in [0.4, 0.5) is 0 Å². The Morgan fingerprint density at radius 3 is 1.82 bits per heavy atom. The largest absolute Gasteiger partial charge is 0.386 e. The molecule has 0 aromatic carbocycles. The fourth-order valence-electron chi connectivity index (χ4n) is 0.626. The van der Waals surface area contributed by atoms with Crippen molar-refractivity contribution in [3.05, 3.63) is 12.3 Å². The van der Waals surface area contributed by atoms with Crippen LogP contribution in [-0.2, 0) is 0 Å². The maximum atomic E-state index is 3.97. The maximum absolute atomic E-state index is 3.97. The van der Waals surface area contributed by atoms with Gasteiger partial charge in [0.15, 0.2) is 0 Å². The number of rotatable bonds is 4. The number of nitrogens with one attached hydrogen (secondary N) is 1. The van der Waals surface area contributed by atoms with Gasteiger partial charge < -0.3 is 5.32 Å². The van der Waals surface area contributed by atoms with E-state index in [-0.39, 0.29) is 0 Å². The van der Waals surface area contributed by atoms with E-state index in [2.05, 4.69) is 46.5 Å². The molecule has 0 rings (SSSR count). The van der Waals surface area contributed by atoms with Gasteiger partial charge in [0.1, 0.15) is 0 Å². The highest BCUT2D eigenvalue weighted by Gasteiger charge is 2.08. The van der Waals surface area contributed by atoms with Crippen LogP contribution in [0, 0.1) is 11.8 Å². The first-order chi connectivity index (χ1) is 4.95. The van der Waals surface area contributed by atoms with Gasteiger partial charge >= 0.3 is 0 Å². The average molecular weight is 155 g/mol. The smallest absolute Gasteiger partial charge is 0.0252 e. The van der Waals surface area contributed by atoms with Crippen molar-refractivity contribution in [2.24, 2.45) is 11.8 Å². The standard InChI is InChI=1S/C10H21N/c1-7(2)9(5)11-10(6)8(3)4/h7-8,10-11H,5H2,1-4,6H3. The van der Waals surface area contributed by atoms with Crippen molar-refractivity contribution in [1.29, 1.82) is 0 Å². The topological polar surface area (TPSA) is 12.0 Å². The van der Waals surface area contributed by atoms with Gasteiger partial charge in [0.2, 0.25) is 0 Å². The van der Waals surface area contributed by atoms with Crippen molar-refractivity contribution in [1.82, 2.24) is 5.32 Å². The number of allylic oxidation sites excluding steroid dienone is 1. The Hall–Kier alpha value is -0.460. The molecule has 1 unspecified atom stereocenters. The molecular weight excluding hydrogens is 134 g/mol. The van der Waals surface area contributed by atoms with Gasteiger partial charge in [0.25, 0.3) is 0 Å². The lowest BCUT2D eigenvalue weighted by Crippen LogP contribution is -2.31. The Morgan fingerprint density at radius 2 is 1.55 bits per heavy atom. The molecule has 0 saturated heterocycles. The van der Waals surface area contributed by atoms with Crippen LogP contribution in [0.3, 0.4) is 0 Å². The molecule has 0 aromatic heterocycles. The van der Waals surface area contributed by atoms with Gasteiger partial charge in [-0.1, -0.05) is 34.3 Å². The molecule has 0 bridgehead atoms. The van der Waals surface area contributed by atoms with Gasteiger partial charge in [-0.3, -0.25) is 0 Å². The average Bonchev–Trinajstić information content (AvgIpc) is 1.87. The molecule has 66 valence electrons. The summed E-state index contributed by atoms with van der Waals surface area (Å²) in [5.41, 5.74) is 1.14. The molecule has 0 fully saturated rings. The summed E-state index contributed by atoms with van der Waals surface area (Å²) in [6.07, 6.45) is 0. The van der Waals surface area contributed by atoms with Gasteiger partial charge in [-0.15, -0.1) is 0 Å². The van der Waals surface area contributed by atoms with Crippen LogP contribution in [0.5, 0.6) is 0 Å². The van der Waals surface area contributed by atoms with Crippen LogP contribution in [0.2, 0.25) is 0 Å². The molecule has 1 N–H and O–H groups in total. The molecule has 0 saturated carbocycles. The van der Waals surface area contributed by atoms with Gasteiger partial charge in [-0.25, -0.2) is 0 Å². The molecule has 0 aliphatic carbocycles. The van der Waals surface area contributed by atoms with E-state index >= 15 is 0 Å². The number of hydrogen-bond donors (Lipinski definition) is 1. The second kappa shape index (κ2) is 4.42. The minimum absolute atomic E-state index is 0.532. The summed E-state index contributed by atoms with van der Waals surface area (Å²) in [4.78, 5) is 0. The highest BCUT2D eigenvalue weighted by Crippen LogP contribution is 2.07. The summed E-state index contributed by atoms with van der Waals surface area (Å²) in [7, 11) is 0. The van der Waals surface area contributed by atoms with Gasteiger partial charge in [0.05, 0.1) is 0 Å². The second-order valence-electron chi connectivity index (χ2n) is 3.86. The minimum Gasteiger partial charge on any atom is -0.386 e. The van der Waals surface area contributed by atoms with E-state index in [9.17, 15) is 0 Å². The predicted molar refractivity (Wildman–Crippen MR) is 51.4 cm³/mol. The first-order valence-electron chi connectivity index (χ1n) is 4.40. The number of hydrogen-bond acceptors (Lipinski definition) is 1. The van der Waals surface area contributed by atoms with E-state index in [0.717, 1.165) is 5.70 Å².